The van der Waals surface area contributed by atoms with E-state index < -0.39 is 23.8 Å². The summed E-state index contributed by atoms with van der Waals surface area (Å²) in [7, 11) is 0. The third-order valence-corrected chi connectivity index (χ3v) is 5.29. The van der Waals surface area contributed by atoms with Crippen molar-refractivity contribution in [3.05, 3.63) is 56.1 Å². The van der Waals surface area contributed by atoms with E-state index in [4.69, 9.17) is 16.4 Å². The number of aliphatic hydroxyl groups is 1. The van der Waals surface area contributed by atoms with Gasteiger partial charge in [-0.15, -0.1) is 0 Å². The van der Waals surface area contributed by atoms with Gasteiger partial charge in [0.15, 0.2) is 6.29 Å². The smallest absolute Gasteiger partial charge is 0.277 e. The fourth-order valence-electron chi connectivity index (χ4n) is 2.56. The molecule has 1 fully saturated rings. The zero-order chi connectivity index (χ0) is 19.6. The Labute approximate surface area is 173 Å². The Balaban J connectivity index is 1.80. The van der Waals surface area contributed by atoms with Gasteiger partial charge in [0.2, 0.25) is 0 Å². The van der Waals surface area contributed by atoms with Crippen molar-refractivity contribution < 1.29 is 23.5 Å². The molecule has 1 atom stereocenters. The van der Waals surface area contributed by atoms with E-state index in [0.29, 0.717) is 3.57 Å². The van der Waals surface area contributed by atoms with Crippen LogP contribution in [0.25, 0.3) is 0 Å². The van der Waals surface area contributed by atoms with Gasteiger partial charge in [-0.25, -0.2) is 19.1 Å². The monoisotopic (exact) mass is 508 g/mol. The molecule has 1 aliphatic rings. The summed E-state index contributed by atoms with van der Waals surface area (Å²) in [5.74, 6) is -2.10. The van der Waals surface area contributed by atoms with Gasteiger partial charge in [0.05, 0.1) is 22.0 Å². The molecule has 1 unspecified atom stereocenters. The molecule has 1 saturated carbocycles. The largest absolute Gasteiger partial charge is 0.366 e. The average Bonchev–Trinajstić information content (AvgIpc) is 2.56. The van der Waals surface area contributed by atoms with E-state index in [9.17, 15) is 18.7 Å². The van der Waals surface area contributed by atoms with Crippen LogP contribution in [0.5, 0.6) is 0 Å². The second-order valence-electron chi connectivity index (χ2n) is 6.19. The summed E-state index contributed by atoms with van der Waals surface area (Å²) in [4.78, 5) is 17.4. The van der Waals surface area contributed by atoms with Crippen LogP contribution in [0.4, 0.5) is 20.2 Å². The van der Waals surface area contributed by atoms with E-state index >= 15 is 0 Å². The maximum Gasteiger partial charge on any atom is 0.277 e. The summed E-state index contributed by atoms with van der Waals surface area (Å²) in [5.41, 5.74) is 2.17. The molecular weight excluding hydrogens is 493 g/mol. The molecule has 0 spiro atoms. The Kier molecular flexibility index (Phi) is 6.51. The Morgan fingerprint density at radius 3 is 2.59 bits per heavy atom. The molecular formula is C18H16ClF2IN2O3. The first-order valence-corrected chi connectivity index (χ1v) is 9.66. The number of hydroxylamine groups is 1. The Bertz CT molecular complexity index is 865. The quantitative estimate of drug-likeness (QED) is 0.299. The van der Waals surface area contributed by atoms with Gasteiger partial charge < -0.3 is 10.4 Å². The zero-order valence-electron chi connectivity index (χ0n) is 13.9. The molecule has 3 N–H and O–H groups in total. The van der Waals surface area contributed by atoms with Crippen molar-refractivity contribution in [2.24, 2.45) is 5.92 Å². The number of nitrogens with one attached hydrogen (secondary N) is 2. The fourth-order valence-corrected chi connectivity index (χ4v) is 3.18. The van der Waals surface area contributed by atoms with Crippen LogP contribution in [-0.2, 0) is 4.84 Å². The number of hydrogen-bond acceptors (Lipinski definition) is 4. The van der Waals surface area contributed by atoms with Crippen LogP contribution < -0.4 is 10.8 Å². The third-order valence-electron chi connectivity index (χ3n) is 4.33. The van der Waals surface area contributed by atoms with Crippen LogP contribution in [-0.4, -0.2) is 17.3 Å². The number of amides is 1. The second-order valence-corrected chi connectivity index (χ2v) is 7.84. The molecule has 5 nitrogen and oxygen atoms in total. The van der Waals surface area contributed by atoms with E-state index in [2.05, 4.69) is 10.8 Å². The van der Waals surface area contributed by atoms with Crippen LogP contribution in [0.2, 0.25) is 5.02 Å². The van der Waals surface area contributed by atoms with Crippen molar-refractivity contribution in [2.75, 3.05) is 5.32 Å². The van der Waals surface area contributed by atoms with E-state index in [1.807, 2.05) is 22.6 Å². The van der Waals surface area contributed by atoms with Gasteiger partial charge in [-0.1, -0.05) is 18.0 Å². The number of benzene rings is 2. The minimum Gasteiger partial charge on any atom is -0.366 e. The lowest BCUT2D eigenvalue weighted by atomic mass is 9.85. The van der Waals surface area contributed by atoms with Gasteiger partial charge in [-0.2, -0.15) is 0 Å². The first-order chi connectivity index (χ1) is 12.8. The van der Waals surface area contributed by atoms with E-state index in [1.54, 1.807) is 6.07 Å². The average molecular weight is 509 g/mol. The molecule has 0 radical (unpaired) electrons. The molecule has 0 aliphatic heterocycles. The van der Waals surface area contributed by atoms with Gasteiger partial charge in [-0.05, 0) is 65.8 Å². The van der Waals surface area contributed by atoms with Gasteiger partial charge >= 0.3 is 0 Å². The Morgan fingerprint density at radius 1 is 1.22 bits per heavy atom. The second kappa shape index (κ2) is 8.68. The number of carbonyl (C=O) groups is 1. The highest BCUT2D eigenvalue weighted by Gasteiger charge is 2.27. The molecule has 0 heterocycles. The van der Waals surface area contributed by atoms with Crippen LogP contribution in [0.15, 0.2) is 30.3 Å². The van der Waals surface area contributed by atoms with Crippen molar-refractivity contribution in [2.45, 2.75) is 25.6 Å². The number of halogens is 4. The summed E-state index contributed by atoms with van der Waals surface area (Å²) in [6, 6.07) is 6.54. The molecule has 2 aromatic carbocycles. The van der Waals surface area contributed by atoms with Crippen LogP contribution in [0.3, 0.4) is 0 Å². The molecule has 2 aromatic rings. The maximum atomic E-state index is 14.1. The summed E-state index contributed by atoms with van der Waals surface area (Å²) in [5, 5.41) is 12.3. The first kappa shape index (κ1) is 20.2. The number of aliphatic hydroxyl groups excluding tert-OH is 1. The lowest BCUT2D eigenvalue weighted by molar-refractivity contribution is -0.178. The summed E-state index contributed by atoms with van der Waals surface area (Å²) < 4.78 is 28.7. The van der Waals surface area contributed by atoms with E-state index in [-0.39, 0.29) is 27.9 Å². The van der Waals surface area contributed by atoms with Crippen LogP contribution in [0.1, 0.15) is 29.6 Å². The molecule has 1 amide bonds. The lowest BCUT2D eigenvalue weighted by Gasteiger charge is -2.29. The normalized spacial score (nSPS) is 15.1. The Morgan fingerprint density at radius 2 is 1.96 bits per heavy atom. The van der Waals surface area contributed by atoms with Gasteiger partial charge in [0.25, 0.3) is 5.91 Å². The molecule has 0 saturated heterocycles. The minimum absolute atomic E-state index is 0.0104. The topological polar surface area (TPSA) is 70.6 Å². The standard InChI is InChI=1S/C18H16ClF2IN2O3/c19-12-7-11(17(25)24-27-18(26)9-2-1-3-9)16(8-13(12)20)23-15-5-4-10(22)6-14(15)21/h4-9,18,23,26H,1-3H2,(H,24,25). The molecule has 1 aliphatic carbocycles. The Hall–Kier alpha value is -1.49. The molecule has 3 rings (SSSR count). The molecule has 9 heteroatoms. The van der Waals surface area contributed by atoms with Crippen molar-refractivity contribution >= 4 is 51.5 Å². The molecule has 27 heavy (non-hydrogen) atoms. The number of hydrogen-bond donors (Lipinski definition) is 3. The number of rotatable bonds is 6. The van der Waals surface area contributed by atoms with Crippen molar-refractivity contribution in [3.8, 4) is 0 Å². The van der Waals surface area contributed by atoms with Gasteiger partial charge in [-0.3, -0.25) is 4.79 Å². The van der Waals surface area contributed by atoms with E-state index in [1.165, 1.54) is 12.1 Å². The lowest BCUT2D eigenvalue weighted by Crippen LogP contribution is -2.36. The maximum absolute atomic E-state index is 14.1. The van der Waals surface area contributed by atoms with Crippen LogP contribution in [0, 0.1) is 21.1 Å². The highest BCUT2D eigenvalue weighted by Crippen LogP contribution is 2.31. The zero-order valence-corrected chi connectivity index (χ0v) is 16.9. The van der Waals surface area contributed by atoms with Gasteiger partial charge in [0, 0.05) is 9.49 Å². The number of anilines is 2. The summed E-state index contributed by atoms with van der Waals surface area (Å²) in [6.45, 7) is 0. The predicted octanol–water partition coefficient (Wildman–Crippen LogP) is 4.75. The number of carbonyl (C=O) groups excluding carboxylic acids is 1. The summed E-state index contributed by atoms with van der Waals surface area (Å²) in [6.07, 6.45) is 1.52. The summed E-state index contributed by atoms with van der Waals surface area (Å²) >= 11 is 7.74. The third kappa shape index (κ3) is 4.87. The molecule has 0 aromatic heterocycles. The van der Waals surface area contributed by atoms with Crippen molar-refractivity contribution in [1.29, 1.82) is 0 Å². The fraction of sp³-hybridized carbons (Fsp3) is 0.278. The van der Waals surface area contributed by atoms with Crippen LogP contribution >= 0.6 is 34.2 Å². The SMILES string of the molecule is O=C(NOC(O)C1CCC1)c1cc(Cl)c(F)cc1Nc1ccc(I)cc1F. The highest BCUT2D eigenvalue weighted by molar-refractivity contribution is 14.1. The highest BCUT2D eigenvalue weighted by atomic mass is 127. The molecule has 144 valence electrons. The first-order valence-electron chi connectivity index (χ1n) is 8.20. The van der Waals surface area contributed by atoms with Crippen molar-refractivity contribution in [3.63, 3.8) is 0 Å². The van der Waals surface area contributed by atoms with Crippen molar-refractivity contribution in [1.82, 2.24) is 5.48 Å². The van der Waals surface area contributed by atoms with E-state index in [0.717, 1.165) is 31.4 Å². The van der Waals surface area contributed by atoms with Gasteiger partial charge in [0.1, 0.15) is 11.6 Å². The molecule has 0 bridgehead atoms. The minimum atomic E-state index is -1.12. The predicted molar refractivity (Wildman–Crippen MR) is 106 cm³/mol.